The molecule has 7 heteroatoms. The van der Waals surface area contributed by atoms with E-state index in [1.54, 1.807) is 32.2 Å². The van der Waals surface area contributed by atoms with Crippen molar-refractivity contribution in [1.82, 2.24) is 10.2 Å². The van der Waals surface area contributed by atoms with Gasteiger partial charge in [-0.05, 0) is 62.2 Å². The van der Waals surface area contributed by atoms with E-state index in [-0.39, 0.29) is 25.0 Å². The zero-order chi connectivity index (χ0) is 21.4. The zero-order valence-corrected chi connectivity index (χ0v) is 18.0. The highest BCUT2D eigenvalue weighted by molar-refractivity contribution is 6.31. The molecule has 0 spiro atoms. The van der Waals surface area contributed by atoms with Crippen LogP contribution in [0.2, 0.25) is 5.02 Å². The van der Waals surface area contributed by atoms with E-state index in [4.69, 9.17) is 21.1 Å². The third kappa shape index (κ3) is 6.39. The Labute approximate surface area is 176 Å². The normalized spacial score (nSPS) is 11.5. The first kappa shape index (κ1) is 22.6. The van der Waals surface area contributed by atoms with Crippen molar-refractivity contribution in [2.45, 2.75) is 33.4 Å². The topological polar surface area (TPSA) is 67.9 Å². The van der Waals surface area contributed by atoms with Gasteiger partial charge in [0, 0.05) is 18.1 Å². The molecular weight excluding hydrogens is 392 g/mol. The van der Waals surface area contributed by atoms with Gasteiger partial charge in [-0.2, -0.15) is 0 Å². The summed E-state index contributed by atoms with van der Waals surface area (Å²) in [5.74, 6) is 0.782. The lowest BCUT2D eigenvalue weighted by Crippen LogP contribution is -2.49. The second kappa shape index (κ2) is 10.7. The van der Waals surface area contributed by atoms with Crippen LogP contribution in [0.25, 0.3) is 0 Å². The van der Waals surface area contributed by atoms with Crippen molar-refractivity contribution in [3.63, 3.8) is 0 Å². The Kier molecular flexibility index (Phi) is 8.34. The van der Waals surface area contributed by atoms with Crippen molar-refractivity contribution < 1.29 is 19.1 Å². The van der Waals surface area contributed by atoms with E-state index in [2.05, 4.69) is 5.32 Å². The van der Waals surface area contributed by atoms with Gasteiger partial charge in [0.15, 0.2) is 6.61 Å². The van der Waals surface area contributed by atoms with Gasteiger partial charge in [-0.3, -0.25) is 9.59 Å². The Hall–Kier alpha value is -2.73. The Bertz CT molecular complexity index is 839. The molecule has 0 aliphatic rings. The Balaban J connectivity index is 2.14. The highest BCUT2D eigenvalue weighted by Crippen LogP contribution is 2.21. The fourth-order valence-corrected chi connectivity index (χ4v) is 2.88. The number of rotatable bonds is 9. The van der Waals surface area contributed by atoms with Gasteiger partial charge >= 0.3 is 0 Å². The molecule has 0 bridgehead atoms. The number of benzene rings is 2. The number of halogens is 1. The molecule has 6 nitrogen and oxygen atoms in total. The number of carbonyl (C=O) groups is 2. The molecule has 0 aliphatic heterocycles. The quantitative estimate of drug-likeness (QED) is 0.675. The number of carbonyl (C=O) groups excluding carboxylic acids is 2. The highest BCUT2D eigenvalue weighted by atomic mass is 35.5. The third-order valence-corrected chi connectivity index (χ3v) is 4.95. The lowest BCUT2D eigenvalue weighted by Gasteiger charge is -2.28. The van der Waals surface area contributed by atoms with Crippen LogP contribution in [-0.4, -0.2) is 43.0 Å². The fraction of sp³-hybridized carbons (Fsp3) is 0.364. The van der Waals surface area contributed by atoms with E-state index in [0.29, 0.717) is 17.3 Å². The molecular formula is C22H27ClN2O4. The first-order valence-electron chi connectivity index (χ1n) is 9.44. The molecule has 2 amide bonds. The second-order valence-electron chi connectivity index (χ2n) is 6.64. The second-order valence-corrected chi connectivity index (χ2v) is 7.05. The number of amides is 2. The number of ether oxygens (including phenoxy) is 2. The molecule has 0 heterocycles. The molecule has 0 radical (unpaired) electrons. The summed E-state index contributed by atoms with van der Waals surface area (Å²) in [4.78, 5) is 26.8. The maximum atomic E-state index is 12.9. The van der Waals surface area contributed by atoms with Crippen molar-refractivity contribution >= 4 is 23.4 Å². The summed E-state index contributed by atoms with van der Waals surface area (Å²) in [6.45, 7) is 6.01. The van der Waals surface area contributed by atoms with Gasteiger partial charge in [-0.15, -0.1) is 0 Å². The van der Waals surface area contributed by atoms with Crippen molar-refractivity contribution in [1.29, 1.82) is 0 Å². The minimum atomic E-state index is -0.639. The molecule has 156 valence electrons. The average molecular weight is 419 g/mol. The predicted octanol–water partition coefficient (Wildman–Crippen LogP) is 3.59. The van der Waals surface area contributed by atoms with Crippen molar-refractivity contribution in [3.05, 3.63) is 58.6 Å². The number of hydrogen-bond donors (Lipinski definition) is 1. The molecule has 2 rings (SSSR count). The number of nitrogens with one attached hydrogen (secondary N) is 1. The number of likely N-dealkylation sites (N-methyl/N-ethyl adjacent to an activating group) is 1. The minimum absolute atomic E-state index is 0.180. The van der Waals surface area contributed by atoms with Gasteiger partial charge in [-0.25, -0.2) is 0 Å². The van der Waals surface area contributed by atoms with E-state index < -0.39 is 6.04 Å². The molecule has 0 aliphatic carbocycles. The molecule has 2 aromatic carbocycles. The number of hydrogen-bond acceptors (Lipinski definition) is 4. The molecule has 2 aromatic rings. The van der Waals surface area contributed by atoms with Gasteiger partial charge < -0.3 is 19.7 Å². The summed E-state index contributed by atoms with van der Waals surface area (Å²) < 4.78 is 10.8. The van der Waals surface area contributed by atoms with Crippen molar-refractivity contribution in [2.75, 3.05) is 20.3 Å². The molecule has 0 fully saturated rings. The van der Waals surface area contributed by atoms with Crippen LogP contribution < -0.4 is 14.8 Å². The average Bonchev–Trinajstić information content (AvgIpc) is 2.72. The summed E-state index contributed by atoms with van der Waals surface area (Å²) in [6.07, 6.45) is 0. The predicted molar refractivity (Wildman–Crippen MR) is 113 cm³/mol. The maximum absolute atomic E-state index is 12.9. The van der Waals surface area contributed by atoms with E-state index in [0.717, 1.165) is 16.9 Å². The van der Waals surface area contributed by atoms with Crippen LogP contribution in [0.15, 0.2) is 42.5 Å². The van der Waals surface area contributed by atoms with Gasteiger partial charge in [0.05, 0.1) is 7.11 Å². The van der Waals surface area contributed by atoms with E-state index in [1.807, 2.05) is 38.1 Å². The first-order valence-corrected chi connectivity index (χ1v) is 9.82. The van der Waals surface area contributed by atoms with Gasteiger partial charge in [0.2, 0.25) is 5.91 Å². The number of nitrogens with zero attached hydrogens (tertiary/aromatic N) is 1. The molecule has 1 atom stereocenters. The monoisotopic (exact) mass is 418 g/mol. The largest absolute Gasteiger partial charge is 0.497 e. The van der Waals surface area contributed by atoms with Crippen LogP contribution in [0.3, 0.4) is 0 Å². The zero-order valence-electron chi connectivity index (χ0n) is 17.2. The van der Waals surface area contributed by atoms with E-state index in [9.17, 15) is 9.59 Å². The Morgan fingerprint density at radius 1 is 1.14 bits per heavy atom. The number of methoxy groups -OCH3 is 1. The molecule has 0 saturated carbocycles. The Morgan fingerprint density at radius 3 is 2.38 bits per heavy atom. The van der Waals surface area contributed by atoms with Crippen molar-refractivity contribution in [2.24, 2.45) is 0 Å². The first-order chi connectivity index (χ1) is 13.8. The summed E-state index contributed by atoms with van der Waals surface area (Å²) in [6, 6.07) is 12.0. The molecule has 0 aromatic heterocycles. The summed E-state index contributed by atoms with van der Waals surface area (Å²) in [7, 11) is 1.60. The standard InChI is InChI=1S/C22H27ClN2O4/c1-5-24-22(27)16(3)25(13-17-6-8-18(28-4)9-7-17)21(26)14-29-19-10-11-20(23)15(2)12-19/h6-12,16H,5,13-14H2,1-4H3,(H,24,27)/t16-/m1/s1. The molecule has 1 N–H and O–H groups in total. The summed E-state index contributed by atoms with van der Waals surface area (Å²) in [5.41, 5.74) is 1.75. The number of aryl methyl sites for hydroxylation is 1. The lowest BCUT2D eigenvalue weighted by molar-refractivity contribution is -0.142. The van der Waals surface area contributed by atoms with E-state index >= 15 is 0 Å². The van der Waals surface area contributed by atoms with Gasteiger partial charge in [0.25, 0.3) is 5.91 Å². The fourth-order valence-electron chi connectivity index (χ4n) is 2.77. The smallest absolute Gasteiger partial charge is 0.261 e. The summed E-state index contributed by atoms with van der Waals surface area (Å²) >= 11 is 6.03. The molecule has 29 heavy (non-hydrogen) atoms. The SMILES string of the molecule is CCNC(=O)[C@@H](C)N(Cc1ccc(OC)cc1)C(=O)COc1ccc(Cl)c(C)c1. The molecule has 0 saturated heterocycles. The third-order valence-electron chi connectivity index (χ3n) is 4.52. The minimum Gasteiger partial charge on any atom is -0.497 e. The van der Waals surface area contributed by atoms with Crippen LogP contribution in [0.4, 0.5) is 0 Å². The van der Waals surface area contributed by atoms with Crippen molar-refractivity contribution in [3.8, 4) is 11.5 Å². The Morgan fingerprint density at radius 2 is 1.79 bits per heavy atom. The summed E-state index contributed by atoms with van der Waals surface area (Å²) in [5, 5.41) is 3.40. The van der Waals surface area contributed by atoms with Gasteiger partial charge in [0.1, 0.15) is 17.5 Å². The van der Waals surface area contributed by atoms with Crippen LogP contribution in [0, 0.1) is 6.92 Å². The maximum Gasteiger partial charge on any atom is 0.261 e. The van der Waals surface area contributed by atoms with Crippen LogP contribution >= 0.6 is 11.6 Å². The highest BCUT2D eigenvalue weighted by Gasteiger charge is 2.26. The van der Waals surface area contributed by atoms with Gasteiger partial charge in [-0.1, -0.05) is 23.7 Å². The van der Waals surface area contributed by atoms with Crippen LogP contribution in [0.5, 0.6) is 11.5 Å². The molecule has 0 unspecified atom stereocenters. The van der Waals surface area contributed by atoms with Crippen LogP contribution in [-0.2, 0) is 16.1 Å². The van der Waals surface area contributed by atoms with E-state index in [1.165, 1.54) is 4.90 Å². The van der Waals surface area contributed by atoms with Crippen LogP contribution in [0.1, 0.15) is 25.0 Å². The lowest BCUT2D eigenvalue weighted by atomic mass is 10.1.